The molecule has 2 aromatic carbocycles. The first kappa shape index (κ1) is 22.0. The number of pyridine rings is 1. The monoisotopic (exact) mass is 613 g/mol. The third-order valence-corrected chi connectivity index (χ3v) is 9.51. The van der Waals surface area contributed by atoms with Crippen molar-refractivity contribution in [3.63, 3.8) is 0 Å². The summed E-state index contributed by atoms with van der Waals surface area (Å²) in [7, 11) is 0. The van der Waals surface area contributed by atoms with E-state index in [1.807, 2.05) is 0 Å². The van der Waals surface area contributed by atoms with Gasteiger partial charge in [0.15, 0.2) is 0 Å². The molecule has 8 rings (SSSR count). The van der Waals surface area contributed by atoms with Crippen LogP contribution in [-0.2, 0) is 30.9 Å². The fourth-order valence-corrected chi connectivity index (χ4v) is 8.50. The Kier molecular flexibility index (Phi) is 4.83. The smallest absolute Gasteiger partial charge is 0.0239 e. The molecule has 0 saturated heterocycles. The van der Waals surface area contributed by atoms with Gasteiger partial charge in [0.2, 0.25) is 0 Å². The van der Waals surface area contributed by atoms with Gasteiger partial charge >= 0.3 is 0 Å². The molecular formula is C31H34IrN-. The predicted octanol–water partition coefficient (Wildman–Crippen LogP) is 8.05. The summed E-state index contributed by atoms with van der Waals surface area (Å²) in [6, 6.07) is 15.6. The molecule has 173 valence electrons. The van der Waals surface area contributed by atoms with Gasteiger partial charge in [-0.2, -0.15) is 0 Å². The molecule has 2 unspecified atom stereocenters. The molecule has 0 spiro atoms. The molecule has 1 radical (unpaired) electrons. The number of hydrogen-bond acceptors (Lipinski definition) is 1. The van der Waals surface area contributed by atoms with Crippen LogP contribution < -0.4 is 0 Å². The van der Waals surface area contributed by atoms with E-state index in [-0.39, 0.29) is 30.9 Å². The van der Waals surface area contributed by atoms with Crippen LogP contribution in [0.3, 0.4) is 0 Å². The Bertz CT molecular complexity index is 1260. The molecular weight excluding hydrogens is 579 g/mol. The van der Waals surface area contributed by atoms with Gasteiger partial charge in [0.25, 0.3) is 0 Å². The first-order chi connectivity index (χ1) is 15.3. The maximum atomic E-state index is 4.94. The summed E-state index contributed by atoms with van der Waals surface area (Å²) in [4.78, 5) is 4.94. The van der Waals surface area contributed by atoms with Crippen LogP contribution in [-0.4, -0.2) is 4.98 Å². The summed E-state index contributed by atoms with van der Waals surface area (Å²) < 4.78 is 0. The van der Waals surface area contributed by atoms with Crippen LogP contribution in [0.1, 0.15) is 100 Å². The number of hydrogen-bond donors (Lipinski definition) is 0. The van der Waals surface area contributed by atoms with Crippen LogP contribution in [0.25, 0.3) is 22.0 Å². The van der Waals surface area contributed by atoms with E-state index in [1.165, 1.54) is 60.4 Å². The molecule has 2 saturated carbocycles. The molecule has 4 bridgehead atoms. The Morgan fingerprint density at radius 3 is 2.03 bits per heavy atom. The van der Waals surface area contributed by atoms with Crippen molar-refractivity contribution in [1.82, 2.24) is 4.98 Å². The third-order valence-electron chi connectivity index (χ3n) is 9.51. The standard InChI is InChI=1S/C31H34N.Ir/c1-30(2)17-31(3,4)28-14-20(5-6-27(28)30)29-15-21-12-25-22-8-18-7-19(9-22)11-23(10-18)26(25)13-24(21)16-32-29;/h6,12-16,18-19,22-23H,7-11,17H2,1-4H3;/q-1;. The molecule has 1 heterocycles. The van der Waals surface area contributed by atoms with Gasteiger partial charge in [-0.25, -0.2) is 0 Å². The van der Waals surface area contributed by atoms with Gasteiger partial charge in [0, 0.05) is 26.3 Å². The Balaban J connectivity index is 0.00000206. The van der Waals surface area contributed by atoms with Gasteiger partial charge in [0.05, 0.1) is 0 Å². The maximum absolute atomic E-state index is 4.94. The fraction of sp³-hybridized carbons (Fsp3) is 0.516. The van der Waals surface area contributed by atoms with Gasteiger partial charge in [-0.05, 0) is 107 Å². The largest absolute Gasteiger partial charge is 0.304 e. The quantitative estimate of drug-likeness (QED) is 0.254. The Morgan fingerprint density at radius 2 is 1.36 bits per heavy atom. The van der Waals surface area contributed by atoms with Gasteiger partial charge < -0.3 is 4.98 Å². The van der Waals surface area contributed by atoms with Gasteiger partial charge in [-0.3, -0.25) is 0 Å². The Labute approximate surface area is 212 Å². The average Bonchev–Trinajstić information content (AvgIpc) is 2.81. The van der Waals surface area contributed by atoms with Crippen LogP contribution in [0.4, 0.5) is 0 Å². The van der Waals surface area contributed by atoms with E-state index in [0.717, 1.165) is 34.9 Å². The molecule has 5 aliphatic rings. The summed E-state index contributed by atoms with van der Waals surface area (Å²) in [6.45, 7) is 9.51. The normalized spacial score (nSPS) is 29.9. The van der Waals surface area contributed by atoms with Crippen molar-refractivity contribution in [1.29, 1.82) is 0 Å². The molecule has 1 nitrogen and oxygen atoms in total. The second-order valence-electron chi connectivity index (χ2n) is 12.8. The Morgan fingerprint density at radius 1 is 0.758 bits per heavy atom. The summed E-state index contributed by atoms with van der Waals surface area (Å²) in [5.41, 5.74) is 8.92. The zero-order chi connectivity index (χ0) is 21.8. The number of nitrogens with zero attached hydrogens (tertiary/aromatic N) is 1. The summed E-state index contributed by atoms with van der Waals surface area (Å²) in [6.07, 6.45) is 10.5. The van der Waals surface area contributed by atoms with Crippen LogP contribution in [0, 0.1) is 17.9 Å². The minimum Gasteiger partial charge on any atom is -0.304 e. The minimum atomic E-state index is 0. The molecule has 0 N–H and O–H groups in total. The van der Waals surface area contributed by atoms with Crippen LogP contribution in [0.15, 0.2) is 36.5 Å². The SMILES string of the molecule is CC1(C)CC(C)(C)c2cc(-c3cc4cc5c(cc4cn3)C3CC4CC(C3)CC5C4)[c-]cc21.[Ir]. The molecule has 5 aliphatic carbocycles. The molecule has 2 atom stereocenters. The summed E-state index contributed by atoms with van der Waals surface area (Å²) in [5, 5.41) is 2.68. The second-order valence-corrected chi connectivity index (χ2v) is 12.8. The van der Waals surface area contributed by atoms with Crippen molar-refractivity contribution in [3.05, 3.63) is 64.8 Å². The predicted molar refractivity (Wildman–Crippen MR) is 132 cm³/mol. The zero-order valence-corrected chi connectivity index (χ0v) is 22.7. The fourth-order valence-electron chi connectivity index (χ4n) is 8.50. The van der Waals surface area contributed by atoms with E-state index < -0.39 is 0 Å². The molecule has 2 fully saturated rings. The van der Waals surface area contributed by atoms with E-state index in [1.54, 1.807) is 11.1 Å². The molecule has 1 aromatic heterocycles. The van der Waals surface area contributed by atoms with E-state index in [0.29, 0.717) is 0 Å². The topological polar surface area (TPSA) is 12.9 Å². The Hall–Kier alpha value is -1.50. The number of benzene rings is 2. The number of fused-ring (bicyclic) bond motifs is 2. The van der Waals surface area contributed by atoms with Crippen molar-refractivity contribution >= 4 is 10.8 Å². The number of aromatic nitrogens is 1. The first-order valence-electron chi connectivity index (χ1n) is 12.8. The summed E-state index contributed by atoms with van der Waals surface area (Å²) in [5.74, 6) is 3.52. The van der Waals surface area contributed by atoms with Crippen molar-refractivity contribution in [2.75, 3.05) is 0 Å². The van der Waals surface area contributed by atoms with E-state index >= 15 is 0 Å². The van der Waals surface area contributed by atoms with Crippen molar-refractivity contribution in [2.45, 2.75) is 88.9 Å². The van der Waals surface area contributed by atoms with Gasteiger partial charge in [-0.1, -0.05) is 39.8 Å². The first-order valence-corrected chi connectivity index (χ1v) is 12.8. The maximum Gasteiger partial charge on any atom is 0.0239 e. The summed E-state index contributed by atoms with van der Waals surface area (Å²) >= 11 is 0. The minimum absolute atomic E-state index is 0. The van der Waals surface area contributed by atoms with Crippen LogP contribution in [0.5, 0.6) is 0 Å². The van der Waals surface area contributed by atoms with E-state index in [4.69, 9.17) is 4.98 Å². The van der Waals surface area contributed by atoms with Crippen LogP contribution in [0.2, 0.25) is 0 Å². The van der Waals surface area contributed by atoms with Crippen molar-refractivity contribution in [2.24, 2.45) is 11.8 Å². The molecule has 33 heavy (non-hydrogen) atoms. The molecule has 3 aromatic rings. The van der Waals surface area contributed by atoms with Crippen LogP contribution >= 0.6 is 0 Å². The van der Waals surface area contributed by atoms with Crippen molar-refractivity contribution in [3.8, 4) is 11.3 Å². The van der Waals surface area contributed by atoms with Gasteiger partial charge in [0.1, 0.15) is 0 Å². The molecule has 2 heteroatoms. The van der Waals surface area contributed by atoms with Gasteiger partial charge in [-0.15, -0.1) is 34.9 Å². The zero-order valence-electron chi connectivity index (χ0n) is 20.3. The van der Waals surface area contributed by atoms with E-state index in [9.17, 15) is 0 Å². The molecule has 0 aliphatic heterocycles. The van der Waals surface area contributed by atoms with E-state index in [2.05, 4.69) is 70.3 Å². The number of rotatable bonds is 1. The average molecular weight is 613 g/mol. The second kappa shape index (κ2) is 7.25. The molecule has 0 amide bonds. The third kappa shape index (κ3) is 3.31. The van der Waals surface area contributed by atoms with Crippen molar-refractivity contribution < 1.29 is 20.1 Å².